The number of ether oxygens (including phenoxy) is 1. The first kappa shape index (κ1) is 18.1. The highest BCUT2D eigenvalue weighted by Crippen LogP contribution is 2.27. The SMILES string of the molecule is O=C(COc1ccc(Cl)cc1Br)NN=Cc1c(Cl)cccc1Cl. The molecule has 0 radical (unpaired) electrons. The molecule has 0 unspecified atom stereocenters. The molecule has 0 saturated heterocycles. The summed E-state index contributed by atoms with van der Waals surface area (Å²) in [5.74, 6) is 0.0777. The number of carbonyl (C=O) groups excluding carboxylic acids is 1. The van der Waals surface area contributed by atoms with E-state index in [0.717, 1.165) is 0 Å². The molecule has 0 aliphatic carbocycles. The first-order valence-corrected chi connectivity index (χ1v) is 8.24. The van der Waals surface area contributed by atoms with E-state index in [4.69, 9.17) is 39.5 Å². The fourth-order valence-corrected chi connectivity index (χ4v) is 2.86. The first-order valence-electron chi connectivity index (χ1n) is 6.31. The molecule has 2 rings (SSSR count). The van der Waals surface area contributed by atoms with E-state index in [9.17, 15) is 4.79 Å². The van der Waals surface area contributed by atoms with E-state index < -0.39 is 5.91 Å². The van der Waals surface area contributed by atoms with E-state index in [1.807, 2.05) is 0 Å². The van der Waals surface area contributed by atoms with E-state index in [1.54, 1.807) is 36.4 Å². The molecule has 0 aromatic heterocycles. The molecule has 0 atom stereocenters. The van der Waals surface area contributed by atoms with Crippen LogP contribution in [0.1, 0.15) is 5.56 Å². The number of nitrogens with zero attached hydrogens (tertiary/aromatic N) is 1. The van der Waals surface area contributed by atoms with Gasteiger partial charge in [0.25, 0.3) is 5.91 Å². The van der Waals surface area contributed by atoms with Crippen LogP contribution in [0.4, 0.5) is 0 Å². The molecule has 4 nitrogen and oxygen atoms in total. The van der Waals surface area contributed by atoms with Crippen molar-refractivity contribution in [2.24, 2.45) is 5.10 Å². The summed E-state index contributed by atoms with van der Waals surface area (Å²) in [6.07, 6.45) is 1.38. The molecule has 0 bridgehead atoms. The Hall–Kier alpha value is -1.27. The quantitative estimate of drug-likeness (QED) is 0.533. The summed E-state index contributed by atoms with van der Waals surface area (Å²) in [6.45, 7) is -0.201. The minimum absolute atomic E-state index is 0.201. The summed E-state index contributed by atoms with van der Waals surface area (Å²) >= 11 is 21.1. The molecule has 0 spiro atoms. The van der Waals surface area contributed by atoms with Crippen LogP contribution in [0.15, 0.2) is 46.0 Å². The number of nitrogens with one attached hydrogen (secondary N) is 1. The van der Waals surface area contributed by atoms with Crippen molar-refractivity contribution in [1.82, 2.24) is 5.43 Å². The van der Waals surface area contributed by atoms with Crippen molar-refractivity contribution in [3.8, 4) is 5.75 Å². The predicted octanol–water partition coefficient (Wildman–Crippen LogP) is 4.94. The van der Waals surface area contributed by atoms with Gasteiger partial charge in [-0.2, -0.15) is 5.10 Å². The van der Waals surface area contributed by atoms with Crippen LogP contribution in [-0.2, 0) is 4.79 Å². The van der Waals surface area contributed by atoms with Gasteiger partial charge in [0.1, 0.15) is 5.75 Å². The zero-order valence-electron chi connectivity index (χ0n) is 11.5. The van der Waals surface area contributed by atoms with Gasteiger partial charge in [-0.15, -0.1) is 0 Å². The van der Waals surface area contributed by atoms with Gasteiger partial charge in [0.05, 0.1) is 20.7 Å². The van der Waals surface area contributed by atoms with Gasteiger partial charge in [0.15, 0.2) is 6.61 Å². The lowest BCUT2D eigenvalue weighted by atomic mass is 10.2. The van der Waals surface area contributed by atoms with Crippen molar-refractivity contribution >= 4 is 62.9 Å². The van der Waals surface area contributed by atoms with E-state index in [0.29, 0.717) is 30.9 Å². The first-order chi connectivity index (χ1) is 11.0. The molecule has 2 aromatic rings. The van der Waals surface area contributed by atoms with Gasteiger partial charge < -0.3 is 4.74 Å². The van der Waals surface area contributed by atoms with Crippen molar-refractivity contribution in [1.29, 1.82) is 0 Å². The topological polar surface area (TPSA) is 50.7 Å². The number of hydrogen-bond donors (Lipinski definition) is 1. The molecule has 2 aromatic carbocycles. The number of benzene rings is 2. The fourth-order valence-electron chi connectivity index (χ4n) is 1.57. The summed E-state index contributed by atoms with van der Waals surface area (Å²) in [7, 11) is 0. The van der Waals surface area contributed by atoms with Gasteiger partial charge in [-0.1, -0.05) is 40.9 Å². The van der Waals surface area contributed by atoms with Crippen LogP contribution in [0, 0.1) is 0 Å². The van der Waals surface area contributed by atoms with E-state index in [-0.39, 0.29) is 6.61 Å². The van der Waals surface area contributed by atoms with Crippen LogP contribution < -0.4 is 10.2 Å². The van der Waals surface area contributed by atoms with Gasteiger partial charge >= 0.3 is 0 Å². The lowest BCUT2D eigenvalue weighted by molar-refractivity contribution is -0.123. The molecule has 23 heavy (non-hydrogen) atoms. The number of hydrazone groups is 1. The Morgan fingerprint density at radius 2 is 1.91 bits per heavy atom. The van der Waals surface area contributed by atoms with Crippen LogP contribution in [0.3, 0.4) is 0 Å². The predicted molar refractivity (Wildman–Crippen MR) is 96.8 cm³/mol. The number of carbonyl (C=O) groups is 1. The lowest BCUT2D eigenvalue weighted by Crippen LogP contribution is -2.24. The normalized spacial score (nSPS) is 10.8. The lowest BCUT2D eigenvalue weighted by Gasteiger charge is -2.07. The highest BCUT2D eigenvalue weighted by atomic mass is 79.9. The number of amides is 1. The molecule has 8 heteroatoms. The molecule has 120 valence electrons. The van der Waals surface area contributed by atoms with E-state index >= 15 is 0 Å². The second kappa shape index (κ2) is 8.55. The average Bonchev–Trinajstić information content (AvgIpc) is 2.49. The van der Waals surface area contributed by atoms with Gasteiger partial charge in [-0.25, -0.2) is 5.43 Å². The molecule has 0 aliphatic heterocycles. The maximum Gasteiger partial charge on any atom is 0.277 e. The number of rotatable bonds is 5. The third kappa shape index (κ3) is 5.39. The van der Waals surface area contributed by atoms with Gasteiger partial charge in [-0.3, -0.25) is 4.79 Å². The van der Waals surface area contributed by atoms with Crippen LogP contribution in [0.25, 0.3) is 0 Å². The summed E-state index contributed by atoms with van der Waals surface area (Å²) in [5, 5.41) is 5.25. The Kier molecular flexibility index (Phi) is 6.72. The van der Waals surface area contributed by atoms with E-state index in [1.165, 1.54) is 6.21 Å². The van der Waals surface area contributed by atoms with E-state index in [2.05, 4.69) is 26.5 Å². The van der Waals surface area contributed by atoms with Crippen LogP contribution in [0.5, 0.6) is 5.75 Å². The summed E-state index contributed by atoms with van der Waals surface area (Å²) in [6, 6.07) is 10.1. The largest absolute Gasteiger partial charge is 0.483 e. The molecule has 0 heterocycles. The molecular weight excluding hydrogens is 426 g/mol. The minimum Gasteiger partial charge on any atom is -0.483 e. The van der Waals surface area contributed by atoms with Crippen LogP contribution >= 0.6 is 50.7 Å². The Balaban J connectivity index is 1.89. The Morgan fingerprint density at radius 1 is 1.22 bits per heavy atom. The second-order valence-electron chi connectivity index (χ2n) is 4.29. The molecule has 1 amide bonds. The van der Waals surface area contributed by atoms with Gasteiger partial charge in [-0.05, 0) is 46.3 Å². The highest BCUT2D eigenvalue weighted by molar-refractivity contribution is 9.10. The highest BCUT2D eigenvalue weighted by Gasteiger charge is 2.06. The van der Waals surface area contributed by atoms with Crippen molar-refractivity contribution in [3.05, 3.63) is 61.5 Å². The van der Waals surface area contributed by atoms with Crippen LogP contribution in [-0.4, -0.2) is 18.7 Å². The van der Waals surface area contributed by atoms with Crippen molar-refractivity contribution in [2.45, 2.75) is 0 Å². The summed E-state index contributed by atoms with van der Waals surface area (Å²) < 4.78 is 6.02. The third-order valence-electron chi connectivity index (χ3n) is 2.64. The Labute approximate surface area is 156 Å². The molecule has 0 aliphatic rings. The smallest absolute Gasteiger partial charge is 0.277 e. The minimum atomic E-state index is -0.425. The molecule has 0 fully saturated rings. The fraction of sp³-hybridized carbons (Fsp3) is 0.0667. The van der Waals surface area contributed by atoms with Crippen molar-refractivity contribution < 1.29 is 9.53 Å². The summed E-state index contributed by atoms with van der Waals surface area (Å²) in [4.78, 5) is 11.7. The maximum absolute atomic E-state index is 11.7. The third-order valence-corrected chi connectivity index (χ3v) is 4.15. The Morgan fingerprint density at radius 3 is 2.57 bits per heavy atom. The molecule has 1 N–H and O–H groups in total. The maximum atomic E-state index is 11.7. The number of halogens is 4. The Bertz CT molecular complexity index is 733. The number of hydrogen-bond acceptors (Lipinski definition) is 3. The van der Waals surface area contributed by atoms with Crippen molar-refractivity contribution in [2.75, 3.05) is 6.61 Å². The zero-order valence-corrected chi connectivity index (χ0v) is 15.4. The standard InChI is InChI=1S/C15H10BrCl3N2O2/c16-11-6-9(17)4-5-14(11)23-8-15(22)21-20-7-10-12(18)2-1-3-13(10)19/h1-7H,8H2,(H,21,22). The van der Waals surface area contributed by atoms with Crippen LogP contribution in [0.2, 0.25) is 15.1 Å². The second-order valence-corrected chi connectivity index (χ2v) is 6.40. The van der Waals surface area contributed by atoms with Gasteiger partial charge in [0.2, 0.25) is 0 Å². The molecule has 0 saturated carbocycles. The molecular formula is C15H10BrCl3N2O2. The summed E-state index contributed by atoms with van der Waals surface area (Å²) in [5.41, 5.74) is 2.86. The monoisotopic (exact) mass is 434 g/mol. The van der Waals surface area contributed by atoms with Gasteiger partial charge in [0, 0.05) is 10.6 Å². The zero-order chi connectivity index (χ0) is 16.8. The average molecular weight is 437 g/mol. The van der Waals surface area contributed by atoms with Crippen molar-refractivity contribution in [3.63, 3.8) is 0 Å².